The number of benzene rings is 1. The maximum absolute atomic E-state index is 11.4. The minimum atomic E-state index is -0.797. The molecule has 2 rings (SSSR count). The Kier molecular flexibility index (Phi) is 3.67. The van der Waals surface area contributed by atoms with Crippen molar-refractivity contribution in [3.05, 3.63) is 23.8 Å². The Labute approximate surface area is 120 Å². The van der Waals surface area contributed by atoms with Crippen molar-refractivity contribution in [1.82, 2.24) is 0 Å². The number of methoxy groups -OCH3 is 1. The van der Waals surface area contributed by atoms with Gasteiger partial charge in [0.1, 0.15) is 11.8 Å². The fourth-order valence-corrected chi connectivity index (χ4v) is 3.40. The van der Waals surface area contributed by atoms with Gasteiger partial charge in [0.15, 0.2) is 0 Å². The Morgan fingerprint density at radius 3 is 2.70 bits per heavy atom. The first kappa shape index (κ1) is 14.7. The molecule has 110 valence electrons. The number of hydrogen-bond acceptors (Lipinski definition) is 3. The van der Waals surface area contributed by atoms with Crippen LogP contribution >= 0.6 is 0 Å². The van der Waals surface area contributed by atoms with Crippen molar-refractivity contribution in [3.63, 3.8) is 0 Å². The number of aliphatic carboxylic acids is 1. The molecule has 20 heavy (non-hydrogen) atoms. The average molecular weight is 277 g/mol. The summed E-state index contributed by atoms with van der Waals surface area (Å²) in [7, 11) is 1.65. The quantitative estimate of drug-likeness (QED) is 0.921. The van der Waals surface area contributed by atoms with E-state index in [2.05, 4.69) is 20.8 Å². The summed E-state index contributed by atoms with van der Waals surface area (Å²) in [5, 5.41) is 9.39. The largest absolute Gasteiger partial charge is 0.497 e. The predicted octanol–water partition coefficient (Wildman–Crippen LogP) is 3.26. The first-order valence-corrected chi connectivity index (χ1v) is 6.98. The van der Waals surface area contributed by atoms with Crippen LogP contribution in [0.15, 0.2) is 18.2 Å². The maximum Gasteiger partial charge on any atom is 0.326 e. The number of hydrogen-bond donors (Lipinski definition) is 1. The number of carboxylic acids is 1. The summed E-state index contributed by atoms with van der Waals surface area (Å²) >= 11 is 0. The summed E-state index contributed by atoms with van der Waals surface area (Å²) < 4.78 is 5.29. The third kappa shape index (κ3) is 2.35. The molecule has 1 heterocycles. The lowest BCUT2D eigenvalue weighted by molar-refractivity contribution is -0.138. The normalized spacial score (nSPS) is 22.1. The molecule has 1 aliphatic rings. The molecule has 0 amide bonds. The van der Waals surface area contributed by atoms with Crippen LogP contribution in [0.3, 0.4) is 0 Å². The maximum atomic E-state index is 11.4. The van der Waals surface area contributed by atoms with Crippen LogP contribution in [0.25, 0.3) is 0 Å². The van der Waals surface area contributed by atoms with Gasteiger partial charge in [0, 0.05) is 11.2 Å². The second kappa shape index (κ2) is 5.00. The van der Waals surface area contributed by atoms with Gasteiger partial charge in [0.05, 0.1) is 7.11 Å². The van der Waals surface area contributed by atoms with Gasteiger partial charge in [0.25, 0.3) is 0 Å². The van der Waals surface area contributed by atoms with Crippen LogP contribution in [0.1, 0.15) is 45.6 Å². The third-order valence-electron chi connectivity index (χ3n) is 4.23. The Morgan fingerprint density at radius 2 is 2.15 bits per heavy atom. The molecule has 4 nitrogen and oxygen atoms in total. The van der Waals surface area contributed by atoms with Gasteiger partial charge < -0.3 is 14.7 Å². The molecule has 0 aliphatic carbocycles. The lowest BCUT2D eigenvalue weighted by Crippen LogP contribution is -2.55. The van der Waals surface area contributed by atoms with Crippen LogP contribution < -0.4 is 9.64 Å². The van der Waals surface area contributed by atoms with Gasteiger partial charge in [-0.1, -0.05) is 6.92 Å². The molecule has 1 aliphatic heterocycles. The third-order valence-corrected chi connectivity index (χ3v) is 4.23. The number of fused-ring (bicyclic) bond motifs is 1. The molecule has 0 fully saturated rings. The van der Waals surface area contributed by atoms with Crippen LogP contribution in [-0.2, 0) is 4.79 Å². The summed E-state index contributed by atoms with van der Waals surface area (Å²) in [4.78, 5) is 13.5. The van der Waals surface area contributed by atoms with Gasteiger partial charge in [0.2, 0.25) is 0 Å². The van der Waals surface area contributed by atoms with Gasteiger partial charge in [-0.2, -0.15) is 0 Å². The SMILES string of the molecule is COc1ccc2c(c1)[C@H](C)CC(C)(C)N2[C@H](C)C(=O)O. The standard InChI is InChI=1S/C16H23NO3/c1-10-9-16(3,4)17(11(2)15(18)19)14-7-6-12(20-5)8-13(10)14/h6-8,10-11H,9H2,1-5H3,(H,18,19)/t10-,11-/m1/s1. The highest BCUT2D eigenvalue weighted by Gasteiger charge is 2.40. The molecule has 2 atom stereocenters. The van der Waals surface area contributed by atoms with E-state index in [1.807, 2.05) is 23.1 Å². The zero-order valence-corrected chi connectivity index (χ0v) is 12.8. The molecule has 0 saturated carbocycles. The highest BCUT2D eigenvalue weighted by molar-refractivity contribution is 5.79. The van der Waals surface area contributed by atoms with Gasteiger partial charge >= 0.3 is 5.97 Å². The first-order valence-electron chi connectivity index (χ1n) is 6.98. The van der Waals surface area contributed by atoms with Crippen molar-refractivity contribution < 1.29 is 14.6 Å². The van der Waals surface area contributed by atoms with Crippen molar-refractivity contribution in [2.24, 2.45) is 0 Å². The fourth-order valence-electron chi connectivity index (χ4n) is 3.40. The molecular weight excluding hydrogens is 254 g/mol. The predicted molar refractivity (Wildman–Crippen MR) is 79.7 cm³/mol. The van der Waals surface area contributed by atoms with Crippen LogP contribution in [-0.4, -0.2) is 29.8 Å². The van der Waals surface area contributed by atoms with Gasteiger partial charge in [-0.15, -0.1) is 0 Å². The molecule has 1 aromatic rings. The van der Waals surface area contributed by atoms with Crippen molar-refractivity contribution in [2.45, 2.75) is 51.6 Å². The summed E-state index contributed by atoms with van der Waals surface area (Å²) in [5.41, 5.74) is 1.99. The molecule has 1 N–H and O–H groups in total. The van der Waals surface area contributed by atoms with Crippen molar-refractivity contribution in [3.8, 4) is 5.75 Å². The zero-order valence-electron chi connectivity index (χ0n) is 12.8. The molecule has 4 heteroatoms. The Morgan fingerprint density at radius 1 is 1.50 bits per heavy atom. The van der Waals surface area contributed by atoms with E-state index >= 15 is 0 Å². The highest BCUT2D eigenvalue weighted by Crippen LogP contribution is 2.45. The van der Waals surface area contributed by atoms with Crippen molar-refractivity contribution in [1.29, 1.82) is 0 Å². The number of carboxylic acid groups (broad SMARTS) is 1. The molecule has 0 spiro atoms. The van der Waals surface area contributed by atoms with E-state index in [-0.39, 0.29) is 5.54 Å². The minimum Gasteiger partial charge on any atom is -0.497 e. The van der Waals surface area contributed by atoms with E-state index in [0.717, 1.165) is 23.4 Å². The summed E-state index contributed by atoms with van der Waals surface area (Å²) in [6.07, 6.45) is 0.921. The van der Waals surface area contributed by atoms with Gasteiger partial charge in [-0.25, -0.2) is 4.79 Å². The van der Waals surface area contributed by atoms with E-state index in [9.17, 15) is 9.90 Å². The molecule has 0 bridgehead atoms. The smallest absolute Gasteiger partial charge is 0.326 e. The lowest BCUT2D eigenvalue weighted by atomic mass is 9.79. The molecule has 0 saturated heterocycles. The number of rotatable bonds is 3. The minimum absolute atomic E-state index is 0.182. The monoisotopic (exact) mass is 277 g/mol. The van der Waals surface area contributed by atoms with Crippen LogP contribution in [0.5, 0.6) is 5.75 Å². The number of ether oxygens (including phenoxy) is 1. The molecule has 0 radical (unpaired) electrons. The molecular formula is C16H23NO3. The molecule has 1 aromatic carbocycles. The van der Waals surface area contributed by atoms with Crippen molar-refractivity contribution >= 4 is 11.7 Å². The fraction of sp³-hybridized carbons (Fsp3) is 0.562. The highest BCUT2D eigenvalue weighted by atomic mass is 16.5. The van der Waals surface area contributed by atoms with Crippen LogP contribution in [0.4, 0.5) is 5.69 Å². The number of anilines is 1. The van der Waals surface area contributed by atoms with E-state index < -0.39 is 12.0 Å². The van der Waals surface area contributed by atoms with Crippen molar-refractivity contribution in [2.75, 3.05) is 12.0 Å². The average Bonchev–Trinajstić information content (AvgIpc) is 2.37. The van der Waals surface area contributed by atoms with E-state index in [1.54, 1.807) is 14.0 Å². The van der Waals surface area contributed by atoms with Gasteiger partial charge in [-0.3, -0.25) is 0 Å². The zero-order chi connectivity index (χ0) is 15.1. The molecule has 0 aromatic heterocycles. The topological polar surface area (TPSA) is 49.8 Å². The lowest BCUT2D eigenvalue weighted by Gasteiger charge is -2.49. The Bertz CT molecular complexity index is 524. The van der Waals surface area contributed by atoms with Crippen LogP contribution in [0.2, 0.25) is 0 Å². The van der Waals surface area contributed by atoms with E-state index in [1.165, 1.54) is 0 Å². The Hall–Kier alpha value is -1.71. The second-order valence-electron chi connectivity index (χ2n) is 6.23. The summed E-state index contributed by atoms with van der Waals surface area (Å²) in [6, 6.07) is 5.35. The number of nitrogens with zero attached hydrogens (tertiary/aromatic N) is 1. The van der Waals surface area contributed by atoms with Gasteiger partial charge in [-0.05, 0) is 56.9 Å². The summed E-state index contributed by atoms with van der Waals surface area (Å²) in [5.74, 6) is 0.403. The van der Waals surface area contributed by atoms with Crippen LogP contribution in [0, 0.1) is 0 Å². The second-order valence-corrected chi connectivity index (χ2v) is 6.23. The first-order chi connectivity index (χ1) is 9.27. The number of carbonyl (C=O) groups is 1. The van der Waals surface area contributed by atoms with E-state index in [0.29, 0.717) is 5.92 Å². The molecule has 0 unspecified atom stereocenters. The van der Waals surface area contributed by atoms with E-state index in [4.69, 9.17) is 4.74 Å². The Balaban J connectivity index is 2.56. The summed E-state index contributed by atoms with van der Waals surface area (Å²) in [6.45, 7) is 8.14.